The lowest BCUT2D eigenvalue weighted by atomic mass is 10.0. The monoisotopic (exact) mass is 390 g/mol. The Kier molecular flexibility index (Phi) is 5.65. The molecule has 2 aromatic carbocycles. The molecule has 0 saturated carbocycles. The molecule has 1 heterocycles. The molecule has 4 nitrogen and oxygen atoms in total. The largest absolute Gasteiger partial charge is 0.324 e. The van der Waals surface area contributed by atoms with Gasteiger partial charge in [-0.3, -0.25) is 14.2 Å². The lowest BCUT2D eigenvalue weighted by molar-refractivity contribution is -0.119. The summed E-state index contributed by atoms with van der Waals surface area (Å²) in [7, 11) is 0. The maximum Gasteiger partial charge on any atom is 0.252 e. The van der Waals surface area contributed by atoms with Crippen LogP contribution in [0.25, 0.3) is 10.9 Å². The molecule has 0 aliphatic carbocycles. The zero-order valence-corrected chi connectivity index (χ0v) is 18.4. The van der Waals surface area contributed by atoms with E-state index >= 15 is 0 Å². The number of aryl methyl sites for hydroxylation is 6. The van der Waals surface area contributed by atoms with E-state index in [0.717, 1.165) is 50.0 Å². The van der Waals surface area contributed by atoms with E-state index in [4.69, 9.17) is 0 Å². The van der Waals surface area contributed by atoms with Crippen LogP contribution in [0, 0.1) is 41.5 Å². The Balaban J connectivity index is 2.15. The summed E-state index contributed by atoms with van der Waals surface area (Å²) in [6.07, 6.45) is 0.529. The van der Waals surface area contributed by atoms with E-state index in [0.29, 0.717) is 6.42 Å². The highest BCUT2D eigenvalue weighted by atomic mass is 16.2. The number of hydrogen-bond acceptors (Lipinski definition) is 2. The number of anilines is 1. The number of benzene rings is 2. The third-order valence-electron chi connectivity index (χ3n) is 5.61. The molecule has 1 unspecified atom stereocenters. The molecule has 1 amide bonds. The van der Waals surface area contributed by atoms with Gasteiger partial charge in [-0.2, -0.15) is 0 Å². The van der Waals surface area contributed by atoms with Crippen LogP contribution in [0.5, 0.6) is 0 Å². The van der Waals surface area contributed by atoms with Gasteiger partial charge in [0.05, 0.1) is 5.52 Å². The second-order valence-electron chi connectivity index (χ2n) is 8.20. The first-order valence-electron chi connectivity index (χ1n) is 10.2. The van der Waals surface area contributed by atoms with E-state index in [9.17, 15) is 9.59 Å². The van der Waals surface area contributed by atoms with Crippen LogP contribution in [0.2, 0.25) is 0 Å². The Labute approximate surface area is 172 Å². The summed E-state index contributed by atoms with van der Waals surface area (Å²) < 4.78 is 1.67. The fraction of sp³-hybridized carbons (Fsp3) is 0.360. The van der Waals surface area contributed by atoms with Gasteiger partial charge in [0.1, 0.15) is 6.04 Å². The smallest absolute Gasteiger partial charge is 0.252 e. The molecule has 0 bridgehead atoms. The van der Waals surface area contributed by atoms with Gasteiger partial charge in [-0.05, 0) is 76.3 Å². The van der Waals surface area contributed by atoms with Gasteiger partial charge in [0.25, 0.3) is 5.56 Å². The summed E-state index contributed by atoms with van der Waals surface area (Å²) in [4.78, 5) is 26.3. The van der Waals surface area contributed by atoms with E-state index in [1.807, 2.05) is 48.5 Å². The van der Waals surface area contributed by atoms with Crippen molar-refractivity contribution >= 4 is 22.5 Å². The Morgan fingerprint density at radius 1 is 0.862 bits per heavy atom. The first-order chi connectivity index (χ1) is 13.6. The average molecular weight is 391 g/mol. The highest BCUT2D eigenvalue weighted by Gasteiger charge is 2.24. The average Bonchev–Trinajstić information content (AvgIpc) is 2.61. The normalized spacial score (nSPS) is 12.2. The van der Waals surface area contributed by atoms with Crippen molar-refractivity contribution in [2.24, 2.45) is 0 Å². The maximum atomic E-state index is 13.3. The lowest BCUT2D eigenvalue weighted by Crippen LogP contribution is -2.34. The number of carbonyl (C=O) groups is 1. The molecule has 0 spiro atoms. The van der Waals surface area contributed by atoms with Crippen molar-refractivity contribution in [2.45, 2.75) is 60.9 Å². The number of aromatic nitrogens is 1. The third kappa shape index (κ3) is 3.84. The van der Waals surface area contributed by atoms with Gasteiger partial charge in [0.15, 0.2) is 0 Å². The van der Waals surface area contributed by atoms with Crippen LogP contribution in [0.1, 0.15) is 52.8 Å². The maximum absolute atomic E-state index is 13.3. The molecule has 3 rings (SSSR count). The van der Waals surface area contributed by atoms with Crippen molar-refractivity contribution in [2.75, 3.05) is 5.32 Å². The predicted octanol–water partition coefficient (Wildman–Crippen LogP) is 5.44. The topological polar surface area (TPSA) is 51.1 Å². The van der Waals surface area contributed by atoms with Crippen LogP contribution in [0.15, 0.2) is 35.1 Å². The third-order valence-corrected chi connectivity index (χ3v) is 5.61. The number of hydrogen-bond donors (Lipinski definition) is 1. The minimum atomic E-state index is -0.577. The molecule has 0 radical (unpaired) electrons. The first-order valence-corrected chi connectivity index (χ1v) is 10.2. The van der Waals surface area contributed by atoms with Crippen LogP contribution in [0.3, 0.4) is 0 Å². The van der Waals surface area contributed by atoms with E-state index in [2.05, 4.69) is 29.6 Å². The Bertz CT molecular complexity index is 1150. The Morgan fingerprint density at radius 2 is 1.41 bits per heavy atom. The van der Waals surface area contributed by atoms with Gasteiger partial charge in [-0.1, -0.05) is 36.2 Å². The van der Waals surface area contributed by atoms with Gasteiger partial charge < -0.3 is 5.32 Å². The quantitative estimate of drug-likeness (QED) is 0.645. The van der Waals surface area contributed by atoms with Crippen LogP contribution < -0.4 is 10.9 Å². The molecule has 0 aliphatic heterocycles. The number of fused-ring (bicyclic) bond motifs is 1. The number of nitrogens with zero attached hydrogens (tertiary/aromatic N) is 1. The van der Waals surface area contributed by atoms with Crippen molar-refractivity contribution in [3.05, 3.63) is 74.1 Å². The molecule has 1 N–H and O–H groups in total. The van der Waals surface area contributed by atoms with Crippen molar-refractivity contribution in [3.63, 3.8) is 0 Å². The highest BCUT2D eigenvalue weighted by Crippen LogP contribution is 2.28. The van der Waals surface area contributed by atoms with Crippen molar-refractivity contribution in [1.82, 2.24) is 4.57 Å². The summed E-state index contributed by atoms with van der Waals surface area (Å²) >= 11 is 0. The molecular formula is C25H30N2O2. The second kappa shape index (κ2) is 7.86. The van der Waals surface area contributed by atoms with Crippen LogP contribution in [0.4, 0.5) is 5.69 Å². The summed E-state index contributed by atoms with van der Waals surface area (Å²) in [5.74, 6) is -0.158. The Morgan fingerprint density at radius 3 is 2.00 bits per heavy atom. The minimum absolute atomic E-state index is 0.138. The van der Waals surface area contributed by atoms with E-state index in [1.54, 1.807) is 10.6 Å². The Hall–Kier alpha value is -2.88. The van der Waals surface area contributed by atoms with E-state index < -0.39 is 6.04 Å². The van der Waals surface area contributed by atoms with Gasteiger partial charge in [0.2, 0.25) is 5.91 Å². The van der Waals surface area contributed by atoms with Crippen molar-refractivity contribution in [1.29, 1.82) is 0 Å². The van der Waals surface area contributed by atoms with Crippen LogP contribution in [-0.2, 0) is 4.79 Å². The number of nitrogens with one attached hydrogen (secondary N) is 1. The molecule has 3 aromatic rings. The van der Waals surface area contributed by atoms with Crippen molar-refractivity contribution < 1.29 is 4.79 Å². The second-order valence-corrected chi connectivity index (χ2v) is 8.20. The molecule has 152 valence electrons. The first kappa shape index (κ1) is 20.8. The number of rotatable bonds is 4. The molecule has 0 saturated heterocycles. The van der Waals surface area contributed by atoms with E-state index in [1.165, 1.54) is 0 Å². The lowest BCUT2D eigenvalue weighted by Gasteiger charge is -2.23. The summed E-state index contributed by atoms with van der Waals surface area (Å²) in [5, 5.41) is 4.12. The standard InChI is InChI=1S/C25H30N2O2/c1-8-21(25(29)26-23-17(5)9-14(2)10-18(23)6)27-22(28)13-16(4)20-12-15(3)11-19(7)24(20)27/h9-13,21H,8H2,1-7H3,(H,26,29). The molecule has 0 aliphatic rings. The zero-order chi connectivity index (χ0) is 21.5. The molecule has 0 fully saturated rings. The predicted molar refractivity (Wildman–Crippen MR) is 121 cm³/mol. The fourth-order valence-corrected chi connectivity index (χ4v) is 4.40. The SMILES string of the molecule is CCC(C(=O)Nc1c(C)cc(C)cc1C)n1c(=O)cc(C)c2cc(C)cc(C)c21. The molecule has 4 heteroatoms. The van der Waals surface area contributed by atoms with Gasteiger partial charge in [0, 0.05) is 17.1 Å². The van der Waals surface area contributed by atoms with Gasteiger partial charge in [-0.15, -0.1) is 0 Å². The summed E-state index contributed by atoms with van der Waals surface area (Å²) in [6, 6.07) is 9.34. The molecule has 1 aromatic heterocycles. The van der Waals surface area contributed by atoms with Gasteiger partial charge >= 0.3 is 0 Å². The number of carbonyl (C=O) groups excluding carboxylic acids is 1. The van der Waals surface area contributed by atoms with Crippen LogP contribution in [-0.4, -0.2) is 10.5 Å². The van der Waals surface area contributed by atoms with Crippen LogP contribution >= 0.6 is 0 Å². The highest BCUT2D eigenvalue weighted by molar-refractivity contribution is 5.97. The fourth-order valence-electron chi connectivity index (χ4n) is 4.40. The molecular weight excluding hydrogens is 360 g/mol. The van der Waals surface area contributed by atoms with Crippen molar-refractivity contribution in [3.8, 4) is 0 Å². The zero-order valence-electron chi connectivity index (χ0n) is 18.4. The number of amides is 1. The molecule has 29 heavy (non-hydrogen) atoms. The van der Waals surface area contributed by atoms with E-state index in [-0.39, 0.29) is 11.5 Å². The molecule has 1 atom stereocenters. The number of pyridine rings is 1. The minimum Gasteiger partial charge on any atom is -0.324 e. The summed E-state index contributed by atoms with van der Waals surface area (Å²) in [5.41, 5.74) is 7.85. The van der Waals surface area contributed by atoms with Gasteiger partial charge in [-0.25, -0.2) is 0 Å². The summed E-state index contributed by atoms with van der Waals surface area (Å²) in [6.45, 7) is 14.0.